The van der Waals surface area contributed by atoms with E-state index in [1.807, 2.05) is 27.2 Å². The number of rotatable bonds is 69. The Morgan fingerprint density at radius 2 is 0.706 bits per heavy atom. The largest absolute Gasteiger partial charge is 0.472 e. The van der Waals surface area contributed by atoms with Gasteiger partial charge < -0.3 is 19.8 Å². The highest BCUT2D eigenvalue weighted by Crippen LogP contribution is 2.43. The molecule has 500 valence electrons. The van der Waals surface area contributed by atoms with Crippen molar-refractivity contribution in [1.82, 2.24) is 5.32 Å². The first-order valence-electron chi connectivity index (χ1n) is 37.2. The average Bonchev–Trinajstić information content (AvgIpc) is 3.49. The summed E-state index contributed by atoms with van der Waals surface area (Å²) in [5.41, 5.74) is 0. The third-order valence-electron chi connectivity index (χ3n) is 17.0. The minimum atomic E-state index is -4.35. The van der Waals surface area contributed by atoms with Crippen LogP contribution in [0.1, 0.15) is 367 Å². The second-order valence-corrected chi connectivity index (χ2v) is 28.1. The molecule has 0 aliphatic heterocycles. The summed E-state index contributed by atoms with van der Waals surface area (Å²) in [6.45, 7) is 4.76. The zero-order chi connectivity index (χ0) is 61.9. The Morgan fingerprint density at radius 3 is 1.04 bits per heavy atom. The molecule has 9 heteroatoms. The number of phosphoric acid groups is 1. The van der Waals surface area contributed by atoms with Gasteiger partial charge in [0.25, 0.3) is 0 Å². The highest BCUT2D eigenvalue weighted by Gasteiger charge is 2.28. The van der Waals surface area contributed by atoms with Gasteiger partial charge in [-0.3, -0.25) is 13.8 Å². The summed E-state index contributed by atoms with van der Waals surface area (Å²) >= 11 is 0. The summed E-state index contributed by atoms with van der Waals surface area (Å²) in [5, 5.41) is 14.0. The second kappa shape index (κ2) is 66.6. The smallest absolute Gasteiger partial charge is 0.387 e. The fourth-order valence-corrected chi connectivity index (χ4v) is 12.0. The SMILES string of the molecule is CC/C=C\C/C=C\C/C=C\C/C=C\CCCCCCCCCCCCCCCCCCCCCCCCCCC(=O)NC(COP(=O)(O)OCC[N+](C)(C)C)C(O)/C=C/CCCCCCCCCCCCCCCCCCCCCCCCCC. The fourth-order valence-electron chi connectivity index (χ4n) is 11.3. The maximum absolute atomic E-state index is 13.1. The van der Waals surface area contributed by atoms with Crippen molar-refractivity contribution in [3.05, 3.63) is 60.8 Å². The van der Waals surface area contributed by atoms with E-state index in [4.69, 9.17) is 9.05 Å². The summed E-state index contributed by atoms with van der Waals surface area (Å²) in [7, 11) is 1.59. The molecule has 3 N–H and O–H groups in total. The summed E-state index contributed by atoms with van der Waals surface area (Å²) in [6.07, 6.45) is 92.5. The summed E-state index contributed by atoms with van der Waals surface area (Å²) in [5.74, 6) is -0.169. The zero-order valence-electron chi connectivity index (χ0n) is 57.4. The third-order valence-corrected chi connectivity index (χ3v) is 18.0. The number of likely N-dealkylation sites (N-methyl/N-ethyl adjacent to an activating group) is 1. The summed E-state index contributed by atoms with van der Waals surface area (Å²) in [6, 6.07) is -0.848. The Bertz CT molecular complexity index is 1570. The van der Waals surface area contributed by atoms with E-state index >= 15 is 0 Å². The monoisotopic (exact) mass is 1210 g/mol. The van der Waals surface area contributed by atoms with Crippen LogP contribution in [0, 0.1) is 0 Å². The van der Waals surface area contributed by atoms with Crippen LogP contribution in [0.4, 0.5) is 0 Å². The van der Waals surface area contributed by atoms with Crippen molar-refractivity contribution in [2.45, 2.75) is 379 Å². The van der Waals surface area contributed by atoms with Crippen LogP contribution in [0.3, 0.4) is 0 Å². The predicted molar refractivity (Wildman–Crippen MR) is 374 cm³/mol. The number of aliphatic hydroxyl groups excluding tert-OH is 1. The van der Waals surface area contributed by atoms with Crippen molar-refractivity contribution in [2.24, 2.45) is 0 Å². The van der Waals surface area contributed by atoms with Crippen LogP contribution in [0.5, 0.6) is 0 Å². The first-order valence-corrected chi connectivity index (χ1v) is 38.7. The molecule has 1 amide bonds. The molecule has 0 radical (unpaired) electrons. The van der Waals surface area contributed by atoms with Crippen molar-refractivity contribution >= 4 is 13.7 Å². The second-order valence-electron chi connectivity index (χ2n) is 26.6. The number of hydrogen-bond acceptors (Lipinski definition) is 5. The number of carbonyl (C=O) groups is 1. The normalized spacial score (nSPS) is 13.9. The van der Waals surface area contributed by atoms with E-state index in [1.54, 1.807) is 6.08 Å². The van der Waals surface area contributed by atoms with Crippen LogP contribution in [0.2, 0.25) is 0 Å². The van der Waals surface area contributed by atoms with Gasteiger partial charge in [0.05, 0.1) is 39.9 Å². The molecule has 3 atom stereocenters. The van der Waals surface area contributed by atoms with E-state index in [9.17, 15) is 19.4 Å². The van der Waals surface area contributed by atoms with Crippen molar-refractivity contribution in [3.8, 4) is 0 Å². The molecule has 0 fully saturated rings. The van der Waals surface area contributed by atoms with Gasteiger partial charge >= 0.3 is 7.82 Å². The van der Waals surface area contributed by atoms with Crippen LogP contribution in [0.15, 0.2) is 60.8 Å². The van der Waals surface area contributed by atoms with Gasteiger partial charge in [-0.2, -0.15) is 0 Å². The molecule has 8 nitrogen and oxygen atoms in total. The van der Waals surface area contributed by atoms with E-state index in [1.165, 1.54) is 289 Å². The van der Waals surface area contributed by atoms with Gasteiger partial charge in [-0.25, -0.2) is 4.57 Å². The number of nitrogens with one attached hydrogen (secondary N) is 1. The van der Waals surface area contributed by atoms with Crippen LogP contribution in [0.25, 0.3) is 0 Å². The van der Waals surface area contributed by atoms with Gasteiger partial charge in [0, 0.05) is 6.42 Å². The lowest BCUT2D eigenvalue weighted by Crippen LogP contribution is -2.45. The molecular weight excluding hydrogens is 1070 g/mol. The molecule has 0 rings (SSSR count). The molecule has 0 spiro atoms. The Morgan fingerprint density at radius 1 is 0.412 bits per heavy atom. The van der Waals surface area contributed by atoms with Crippen molar-refractivity contribution < 1.29 is 32.9 Å². The maximum atomic E-state index is 13.1. The molecule has 0 aromatic heterocycles. The number of unbranched alkanes of at least 4 members (excludes halogenated alkanes) is 48. The van der Waals surface area contributed by atoms with Gasteiger partial charge in [-0.15, -0.1) is 0 Å². The predicted octanol–water partition coefficient (Wildman–Crippen LogP) is 23.9. The maximum Gasteiger partial charge on any atom is 0.472 e. The summed E-state index contributed by atoms with van der Waals surface area (Å²) < 4.78 is 23.9. The topological polar surface area (TPSA) is 105 Å². The van der Waals surface area contributed by atoms with E-state index in [0.29, 0.717) is 17.4 Å². The van der Waals surface area contributed by atoms with E-state index < -0.39 is 20.0 Å². The van der Waals surface area contributed by atoms with Gasteiger partial charge in [0.2, 0.25) is 5.91 Å². The number of phosphoric ester groups is 1. The van der Waals surface area contributed by atoms with Crippen LogP contribution >= 0.6 is 7.82 Å². The highest BCUT2D eigenvalue weighted by atomic mass is 31.2. The molecule has 0 aromatic rings. The van der Waals surface area contributed by atoms with E-state index in [-0.39, 0.29) is 19.1 Å². The molecule has 0 saturated heterocycles. The Kier molecular flexibility index (Phi) is 65.2. The quantitative estimate of drug-likeness (QED) is 0.0243. The molecule has 0 aliphatic carbocycles. The van der Waals surface area contributed by atoms with Crippen LogP contribution in [-0.2, 0) is 18.4 Å². The van der Waals surface area contributed by atoms with Crippen molar-refractivity contribution in [3.63, 3.8) is 0 Å². The van der Waals surface area contributed by atoms with Crippen molar-refractivity contribution in [2.75, 3.05) is 40.9 Å². The van der Waals surface area contributed by atoms with Crippen molar-refractivity contribution in [1.29, 1.82) is 0 Å². The highest BCUT2D eigenvalue weighted by molar-refractivity contribution is 7.47. The lowest BCUT2D eigenvalue weighted by atomic mass is 10.0. The van der Waals surface area contributed by atoms with E-state index in [0.717, 1.165) is 57.8 Å². The molecule has 0 heterocycles. The fraction of sp³-hybridized carbons (Fsp3) is 0.855. The molecule has 0 saturated carbocycles. The lowest BCUT2D eigenvalue weighted by molar-refractivity contribution is -0.870. The van der Waals surface area contributed by atoms with Gasteiger partial charge in [-0.05, 0) is 57.8 Å². The van der Waals surface area contributed by atoms with Crippen LogP contribution in [-0.4, -0.2) is 73.4 Å². The number of quaternary nitrogens is 1. The molecule has 3 unspecified atom stereocenters. The van der Waals surface area contributed by atoms with Gasteiger partial charge in [-0.1, -0.05) is 364 Å². The number of aliphatic hydroxyl groups is 1. The minimum Gasteiger partial charge on any atom is -0.387 e. The number of allylic oxidation sites excluding steroid dienone is 9. The number of nitrogens with zero attached hydrogens (tertiary/aromatic N) is 1. The summed E-state index contributed by atoms with van der Waals surface area (Å²) in [4.78, 5) is 23.5. The minimum absolute atomic E-state index is 0.0630. The van der Waals surface area contributed by atoms with E-state index in [2.05, 4.69) is 67.8 Å². The van der Waals surface area contributed by atoms with Gasteiger partial charge in [0.1, 0.15) is 13.2 Å². The number of carbonyl (C=O) groups excluding carboxylic acids is 1. The zero-order valence-corrected chi connectivity index (χ0v) is 58.3. The van der Waals surface area contributed by atoms with Gasteiger partial charge in [0.15, 0.2) is 0 Å². The Hall–Kier alpha value is -1.80. The number of amides is 1. The molecule has 0 aliphatic rings. The standard InChI is InChI=1S/C76H145N2O6P/c1-6-8-10-12-14-16-18-20-22-24-26-28-30-32-34-35-36-37-38-39-40-41-42-43-44-46-48-50-52-54-56-58-60-62-64-66-68-70-76(80)77-74(73-84-85(81,82)83-72-71-78(3,4)5)75(79)69-67-65-63-61-59-57-55-53-51-49-47-45-33-31-29-27-25-23-21-19-17-15-13-11-9-7-2/h8,10,14,16,20,22,26,28,67,69,74-75,79H,6-7,9,11-13,15,17-19,21,23-25,27,29-66,68,70-73H2,1-5H3,(H-,77,80,81,82)/p+1/b10-8-,16-14-,22-20-,28-26-,69-67+. The molecule has 0 bridgehead atoms. The molecular formula is C76H146N2O6P+. The average molecular weight is 1210 g/mol. The lowest BCUT2D eigenvalue weighted by Gasteiger charge is -2.25. The van der Waals surface area contributed by atoms with Crippen LogP contribution < -0.4 is 5.32 Å². The third kappa shape index (κ3) is 69.5. The molecule has 85 heavy (non-hydrogen) atoms. The number of hydrogen-bond donors (Lipinski definition) is 3. The molecule has 0 aromatic carbocycles. The Balaban J connectivity index is 3.97. The Labute approximate surface area is 530 Å². The first kappa shape index (κ1) is 83.2. The first-order chi connectivity index (χ1) is 41.5.